The fourth-order valence-corrected chi connectivity index (χ4v) is 2.51. The number of aromatic hydroxyl groups is 1. The molecule has 3 rings (SSSR count). The van der Waals surface area contributed by atoms with Gasteiger partial charge in [0, 0.05) is 20.2 Å². The van der Waals surface area contributed by atoms with Gasteiger partial charge in [-0.1, -0.05) is 0 Å². The Hall–Kier alpha value is -2.42. The predicted octanol–water partition coefficient (Wildman–Crippen LogP) is 3.98. The number of nitrogens with zero attached hydrogens (tertiary/aromatic N) is 2. The number of nitrogen functional groups attached to an aromatic ring is 1. The van der Waals surface area contributed by atoms with Crippen molar-refractivity contribution in [2.24, 2.45) is 10.2 Å². The lowest BCUT2D eigenvalue weighted by Crippen LogP contribution is -1.94. The highest BCUT2D eigenvalue weighted by atomic mass is 127. The largest absolute Gasteiger partial charge is 0.493 e. The van der Waals surface area contributed by atoms with E-state index in [0.29, 0.717) is 16.6 Å². The number of aromatic amines is 1. The zero-order valence-electron chi connectivity index (χ0n) is 11.2. The normalized spacial score (nSPS) is 11.3. The van der Waals surface area contributed by atoms with Crippen molar-refractivity contribution in [2.75, 3.05) is 5.73 Å². The number of aromatic nitrogens is 1. The second kappa shape index (κ2) is 5.76. The van der Waals surface area contributed by atoms with Crippen molar-refractivity contribution in [3.63, 3.8) is 0 Å². The molecule has 0 aliphatic heterocycles. The number of carbonyl (C=O) groups is 1. The molecule has 7 heteroatoms. The fraction of sp³-hybridized carbons (Fsp3) is 0. The third-order valence-corrected chi connectivity index (χ3v) is 3.78. The fourth-order valence-electron chi connectivity index (χ4n) is 2.02. The second-order valence-electron chi connectivity index (χ2n) is 4.64. The smallest absolute Gasteiger partial charge is 0.295 e. The van der Waals surface area contributed by atoms with Crippen molar-refractivity contribution in [2.45, 2.75) is 0 Å². The molecule has 0 aliphatic rings. The number of halogens is 1. The van der Waals surface area contributed by atoms with Crippen LogP contribution in [-0.4, -0.2) is 16.0 Å². The molecule has 0 unspecified atom stereocenters. The lowest BCUT2D eigenvalue weighted by Gasteiger charge is -1.96. The van der Waals surface area contributed by atoms with Gasteiger partial charge in [0.15, 0.2) is 5.69 Å². The van der Waals surface area contributed by atoms with E-state index in [4.69, 9.17) is 5.73 Å². The Labute approximate surface area is 139 Å². The maximum absolute atomic E-state index is 12.0. The molecule has 0 aliphatic carbocycles. The molecule has 22 heavy (non-hydrogen) atoms. The molecule has 0 spiro atoms. The van der Waals surface area contributed by atoms with Crippen LogP contribution in [0.4, 0.5) is 11.4 Å². The second-order valence-corrected chi connectivity index (χ2v) is 5.88. The van der Waals surface area contributed by atoms with Gasteiger partial charge in [-0.3, -0.25) is 4.79 Å². The summed E-state index contributed by atoms with van der Waals surface area (Å²) in [4.78, 5) is 14.8. The average Bonchev–Trinajstić information content (AvgIpc) is 2.80. The molecule has 0 saturated carbocycles. The van der Waals surface area contributed by atoms with Crippen molar-refractivity contribution in [1.82, 2.24) is 4.98 Å². The van der Waals surface area contributed by atoms with Gasteiger partial charge in [0.1, 0.15) is 0 Å². The van der Waals surface area contributed by atoms with Crippen LogP contribution in [0.2, 0.25) is 0 Å². The number of rotatable bonds is 2. The Morgan fingerprint density at radius 3 is 2.64 bits per heavy atom. The van der Waals surface area contributed by atoms with E-state index in [1.807, 2.05) is 18.2 Å². The quantitative estimate of drug-likeness (QED) is 0.341. The summed E-state index contributed by atoms with van der Waals surface area (Å²) < 4.78 is 0.991. The van der Waals surface area contributed by atoms with E-state index in [1.54, 1.807) is 24.3 Å². The zero-order valence-corrected chi connectivity index (χ0v) is 13.4. The number of hydrogen-bond acceptors (Lipinski definition) is 4. The average molecular weight is 406 g/mol. The van der Waals surface area contributed by atoms with Gasteiger partial charge in [0.2, 0.25) is 5.88 Å². The first-order valence-corrected chi connectivity index (χ1v) is 7.44. The SMILES string of the molecule is Nc1ccc(C(=O)N=Nc2c(O)[nH]c3ccc(I)cc23)cc1. The maximum atomic E-state index is 12.0. The van der Waals surface area contributed by atoms with Crippen LogP contribution in [0.5, 0.6) is 5.88 Å². The van der Waals surface area contributed by atoms with E-state index in [1.165, 1.54) is 0 Å². The van der Waals surface area contributed by atoms with Gasteiger partial charge in [-0.15, -0.1) is 10.2 Å². The van der Waals surface area contributed by atoms with E-state index >= 15 is 0 Å². The minimum atomic E-state index is -0.501. The van der Waals surface area contributed by atoms with Crippen LogP contribution in [0, 0.1) is 3.57 Å². The molecule has 1 aromatic heterocycles. The highest BCUT2D eigenvalue weighted by Crippen LogP contribution is 2.36. The van der Waals surface area contributed by atoms with Crippen molar-refractivity contribution < 1.29 is 9.90 Å². The highest BCUT2D eigenvalue weighted by Gasteiger charge is 2.12. The predicted molar refractivity (Wildman–Crippen MR) is 92.4 cm³/mol. The number of nitrogens with two attached hydrogens (primary N) is 1. The number of amides is 1. The van der Waals surface area contributed by atoms with Crippen molar-refractivity contribution in [3.8, 4) is 5.88 Å². The number of fused-ring (bicyclic) bond motifs is 1. The standard InChI is InChI=1S/C15H11IN4O2/c16-9-3-6-12-11(7-9)13(15(22)18-12)19-20-14(21)8-1-4-10(17)5-2-8/h1-7,18,22H,17H2. The summed E-state index contributed by atoms with van der Waals surface area (Å²) in [5.41, 5.74) is 7.50. The summed E-state index contributed by atoms with van der Waals surface area (Å²) in [6.45, 7) is 0. The van der Waals surface area contributed by atoms with Gasteiger partial charge in [0.25, 0.3) is 5.91 Å². The molecule has 3 aromatic rings. The first kappa shape index (κ1) is 14.5. The topological polar surface area (TPSA) is 104 Å². The molecule has 6 nitrogen and oxygen atoms in total. The van der Waals surface area contributed by atoms with E-state index in [0.717, 1.165) is 9.09 Å². The Morgan fingerprint density at radius 2 is 1.91 bits per heavy atom. The zero-order chi connectivity index (χ0) is 15.7. The van der Waals surface area contributed by atoms with E-state index < -0.39 is 5.91 Å². The molecule has 2 aromatic carbocycles. The minimum Gasteiger partial charge on any atom is -0.493 e. The molecular weight excluding hydrogens is 395 g/mol. The third kappa shape index (κ3) is 2.80. The lowest BCUT2D eigenvalue weighted by molar-refractivity contribution is 0.0995. The van der Waals surface area contributed by atoms with Gasteiger partial charge < -0.3 is 15.8 Å². The summed E-state index contributed by atoms with van der Waals surface area (Å²) in [6.07, 6.45) is 0. The van der Waals surface area contributed by atoms with E-state index in [-0.39, 0.29) is 11.6 Å². The molecule has 0 atom stereocenters. The van der Waals surface area contributed by atoms with Gasteiger partial charge in [0.05, 0.1) is 5.52 Å². The number of azo groups is 1. The van der Waals surface area contributed by atoms with Crippen LogP contribution in [0.3, 0.4) is 0 Å². The molecule has 4 N–H and O–H groups in total. The minimum absolute atomic E-state index is 0.120. The Balaban J connectivity index is 1.95. The van der Waals surface area contributed by atoms with Crippen LogP contribution in [0.1, 0.15) is 10.4 Å². The number of H-pyrrole nitrogens is 1. The number of benzene rings is 2. The van der Waals surface area contributed by atoms with Gasteiger partial charge in [-0.05, 0) is 65.1 Å². The molecule has 0 radical (unpaired) electrons. The summed E-state index contributed by atoms with van der Waals surface area (Å²) >= 11 is 2.16. The molecular formula is C15H11IN4O2. The Kier molecular flexibility index (Phi) is 3.80. The lowest BCUT2D eigenvalue weighted by atomic mass is 10.2. The van der Waals surface area contributed by atoms with Gasteiger partial charge in [-0.2, -0.15) is 0 Å². The van der Waals surface area contributed by atoms with Crippen LogP contribution in [0.25, 0.3) is 10.9 Å². The summed E-state index contributed by atoms with van der Waals surface area (Å²) in [6, 6.07) is 12.0. The molecule has 0 bridgehead atoms. The van der Waals surface area contributed by atoms with E-state index in [9.17, 15) is 9.90 Å². The van der Waals surface area contributed by atoms with Crippen molar-refractivity contribution in [3.05, 3.63) is 51.6 Å². The van der Waals surface area contributed by atoms with Crippen LogP contribution in [-0.2, 0) is 0 Å². The molecule has 1 heterocycles. The first-order valence-electron chi connectivity index (χ1n) is 6.36. The number of carbonyl (C=O) groups excluding carboxylic acids is 1. The summed E-state index contributed by atoms with van der Waals surface area (Å²) in [5.74, 6) is -0.620. The molecule has 0 fully saturated rings. The van der Waals surface area contributed by atoms with Crippen LogP contribution in [0.15, 0.2) is 52.7 Å². The molecule has 0 saturated heterocycles. The van der Waals surface area contributed by atoms with Gasteiger partial charge >= 0.3 is 0 Å². The van der Waals surface area contributed by atoms with Crippen LogP contribution < -0.4 is 5.73 Å². The van der Waals surface area contributed by atoms with Crippen molar-refractivity contribution >= 4 is 50.8 Å². The molecule has 1 amide bonds. The van der Waals surface area contributed by atoms with E-state index in [2.05, 4.69) is 37.8 Å². The van der Waals surface area contributed by atoms with Crippen LogP contribution >= 0.6 is 22.6 Å². The highest BCUT2D eigenvalue weighted by molar-refractivity contribution is 14.1. The number of anilines is 1. The molecule has 110 valence electrons. The number of hydrogen-bond donors (Lipinski definition) is 3. The Morgan fingerprint density at radius 1 is 1.18 bits per heavy atom. The van der Waals surface area contributed by atoms with Gasteiger partial charge in [-0.25, -0.2) is 0 Å². The number of nitrogens with one attached hydrogen (secondary N) is 1. The summed E-state index contributed by atoms with van der Waals surface area (Å²) in [7, 11) is 0. The monoisotopic (exact) mass is 406 g/mol. The van der Waals surface area contributed by atoms with Crippen molar-refractivity contribution in [1.29, 1.82) is 0 Å². The third-order valence-electron chi connectivity index (χ3n) is 3.11. The summed E-state index contributed by atoms with van der Waals surface area (Å²) in [5, 5.41) is 18.2. The Bertz CT molecular complexity index is 884. The first-order chi connectivity index (χ1) is 10.5. The maximum Gasteiger partial charge on any atom is 0.295 e.